The molecule has 0 bridgehead atoms. The van der Waals surface area contributed by atoms with Gasteiger partial charge >= 0.3 is 5.97 Å². The number of rotatable bonds is 10. The average Bonchev–Trinajstić information content (AvgIpc) is 2.33. The smallest absolute Gasteiger partial charge is 0.312 e. The first-order chi connectivity index (χ1) is 8.16. The summed E-state index contributed by atoms with van der Waals surface area (Å²) in [5.41, 5.74) is -0.407. The van der Waals surface area contributed by atoms with Crippen molar-refractivity contribution in [3.8, 4) is 0 Å². The third-order valence-electron chi connectivity index (χ3n) is 3.01. The minimum Gasteiger partial charge on any atom is -0.465 e. The van der Waals surface area contributed by atoms with Crippen molar-refractivity contribution in [2.24, 2.45) is 5.41 Å². The molecule has 0 aromatic carbocycles. The summed E-state index contributed by atoms with van der Waals surface area (Å²) in [5.74, 6) is -0.0910. The number of carbonyl (C=O) groups excluding carboxylic acids is 1. The quantitative estimate of drug-likeness (QED) is 0.436. The van der Waals surface area contributed by atoms with Crippen molar-refractivity contribution in [2.75, 3.05) is 12.8 Å². The molecule has 3 nitrogen and oxygen atoms in total. The molecule has 4 heteroatoms. The first-order valence-corrected chi connectivity index (χ1v) is 7.63. The highest BCUT2D eigenvalue weighted by molar-refractivity contribution is 7.23. The Balaban J connectivity index is 4.71. The van der Waals surface area contributed by atoms with Gasteiger partial charge in [-0.25, -0.2) is 0 Å². The van der Waals surface area contributed by atoms with Crippen molar-refractivity contribution in [2.45, 2.75) is 59.3 Å². The molecule has 0 aliphatic carbocycles. The molecule has 0 saturated heterocycles. The van der Waals surface area contributed by atoms with E-state index in [1.165, 1.54) is 0 Å². The maximum Gasteiger partial charge on any atom is 0.312 e. The largest absolute Gasteiger partial charge is 0.465 e. The Morgan fingerprint density at radius 3 is 2.06 bits per heavy atom. The Labute approximate surface area is 107 Å². The second-order valence-electron chi connectivity index (χ2n) is 4.52. The monoisotopic (exact) mass is 260 g/mol. The van der Waals surface area contributed by atoms with E-state index in [0.29, 0.717) is 19.2 Å². The molecule has 0 aliphatic heterocycles. The van der Waals surface area contributed by atoms with Gasteiger partial charge in [-0.05, 0) is 25.7 Å². The van der Waals surface area contributed by atoms with E-state index in [9.17, 15) is 9.36 Å². The van der Waals surface area contributed by atoms with Gasteiger partial charge in [0, 0.05) is 6.16 Å². The zero-order valence-electron chi connectivity index (χ0n) is 11.3. The lowest BCUT2D eigenvalue weighted by Crippen LogP contribution is -2.33. The lowest BCUT2D eigenvalue weighted by molar-refractivity contribution is -0.157. The summed E-state index contributed by atoms with van der Waals surface area (Å²) in [5, 5.41) is 0. The highest BCUT2D eigenvalue weighted by Crippen LogP contribution is 2.36. The van der Waals surface area contributed by atoms with Crippen LogP contribution in [0.25, 0.3) is 0 Å². The molecule has 0 spiro atoms. The predicted molar refractivity (Wildman–Crippen MR) is 70.6 cm³/mol. The number of ether oxygens (including phenoxy) is 1. The molecule has 0 aromatic rings. The zero-order valence-corrected chi connectivity index (χ0v) is 12.2. The van der Waals surface area contributed by atoms with Crippen LogP contribution in [0, 0.1) is 5.41 Å². The van der Waals surface area contributed by atoms with E-state index in [1.807, 2.05) is 6.92 Å². The van der Waals surface area contributed by atoms with Crippen LogP contribution in [0.4, 0.5) is 0 Å². The van der Waals surface area contributed by atoms with Crippen LogP contribution >= 0.6 is 8.46 Å². The SMILES string of the molecule is CCCOC(=O)C(CCC)(CCC)CCP=O. The number of carbonyl (C=O) groups is 1. The fourth-order valence-electron chi connectivity index (χ4n) is 2.25. The summed E-state index contributed by atoms with van der Waals surface area (Å²) in [4.78, 5) is 12.2. The second kappa shape index (κ2) is 9.58. The molecule has 0 aromatic heterocycles. The molecular weight excluding hydrogens is 235 g/mol. The van der Waals surface area contributed by atoms with E-state index in [4.69, 9.17) is 4.74 Å². The van der Waals surface area contributed by atoms with E-state index in [1.54, 1.807) is 0 Å². The fourth-order valence-corrected chi connectivity index (χ4v) is 2.77. The van der Waals surface area contributed by atoms with Crippen LogP contribution in [0.2, 0.25) is 0 Å². The van der Waals surface area contributed by atoms with Crippen molar-refractivity contribution in [1.82, 2.24) is 0 Å². The summed E-state index contributed by atoms with van der Waals surface area (Å²) in [6.45, 7) is 6.63. The van der Waals surface area contributed by atoms with Crippen LogP contribution in [0.1, 0.15) is 59.3 Å². The normalized spacial score (nSPS) is 11.7. The van der Waals surface area contributed by atoms with E-state index < -0.39 is 5.41 Å². The van der Waals surface area contributed by atoms with Crippen LogP contribution in [-0.2, 0) is 14.1 Å². The molecule has 0 unspecified atom stereocenters. The molecule has 100 valence electrons. The van der Waals surface area contributed by atoms with Crippen molar-refractivity contribution in [3.63, 3.8) is 0 Å². The first kappa shape index (κ1) is 16.6. The standard InChI is InChI=1S/C13H25O3P/c1-4-7-13(8-5-2,9-11-17-15)12(14)16-10-6-3/h4-11H2,1-3H3. The minimum absolute atomic E-state index is 0.0910. The number of hydrogen-bond acceptors (Lipinski definition) is 3. The van der Waals surface area contributed by atoms with Crippen LogP contribution in [-0.4, -0.2) is 18.7 Å². The fraction of sp³-hybridized carbons (Fsp3) is 0.923. The van der Waals surface area contributed by atoms with Crippen LogP contribution < -0.4 is 0 Å². The summed E-state index contributed by atoms with van der Waals surface area (Å²) >= 11 is 0. The average molecular weight is 260 g/mol. The number of esters is 1. The molecule has 0 rings (SSSR count). The molecule has 0 N–H and O–H groups in total. The summed E-state index contributed by atoms with van der Waals surface area (Å²) < 4.78 is 16.0. The molecule has 0 radical (unpaired) electrons. The van der Waals surface area contributed by atoms with Gasteiger partial charge in [-0.15, -0.1) is 0 Å². The maximum absolute atomic E-state index is 12.2. The van der Waals surface area contributed by atoms with Gasteiger partial charge in [0.2, 0.25) is 0 Å². The van der Waals surface area contributed by atoms with Gasteiger partial charge in [-0.1, -0.05) is 33.6 Å². The van der Waals surface area contributed by atoms with Gasteiger partial charge in [-0.2, -0.15) is 0 Å². The maximum atomic E-state index is 12.2. The Kier molecular flexibility index (Phi) is 9.34. The van der Waals surface area contributed by atoms with E-state index in [2.05, 4.69) is 13.8 Å². The van der Waals surface area contributed by atoms with Crippen molar-refractivity contribution in [1.29, 1.82) is 0 Å². The Morgan fingerprint density at radius 2 is 1.65 bits per heavy atom. The molecular formula is C13H25O3P. The molecule has 0 atom stereocenters. The Hall–Kier alpha value is -0.430. The molecule has 0 heterocycles. The summed E-state index contributed by atoms with van der Waals surface area (Å²) in [6, 6.07) is 0. The van der Waals surface area contributed by atoms with Crippen molar-refractivity contribution < 1.29 is 14.1 Å². The van der Waals surface area contributed by atoms with Crippen LogP contribution in [0.3, 0.4) is 0 Å². The lowest BCUT2D eigenvalue weighted by atomic mass is 9.77. The zero-order chi connectivity index (χ0) is 13.1. The van der Waals surface area contributed by atoms with Gasteiger partial charge in [-0.3, -0.25) is 9.36 Å². The predicted octanol–water partition coefficient (Wildman–Crippen LogP) is 4.21. The highest BCUT2D eigenvalue weighted by atomic mass is 31.1. The van der Waals surface area contributed by atoms with Crippen LogP contribution in [0.5, 0.6) is 0 Å². The molecule has 0 fully saturated rings. The van der Waals surface area contributed by atoms with Crippen LogP contribution in [0.15, 0.2) is 0 Å². The van der Waals surface area contributed by atoms with E-state index in [-0.39, 0.29) is 14.4 Å². The topological polar surface area (TPSA) is 43.4 Å². The summed E-state index contributed by atoms with van der Waals surface area (Å²) in [7, 11) is 0.121. The minimum atomic E-state index is -0.407. The first-order valence-electron chi connectivity index (χ1n) is 6.63. The summed E-state index contributed by atoms with van der Waals surface area (Å²) in [6.07, 6.45) is 5.63. The van der Waals surface area contributed by atoms with Gasteiger partial charge in [0.05, 0.1) is 12.0 Å². The van der Waals surface area contributed by atoms with Gasteiger partial charge < -0.3 is 4.74 Å². The third-order valence-corrected chi connectivity index (χ3v) is 3.42. The third kappa shape index (κ3) is 5.63. The van der Waals surface area contributed by atoms with Crippen molar-refractivity contribution >= 4 is 14.4 Å². The van der Waals surface area contributed by atoms with Gasteiger partial charge in [0.1, 0.15) is 0 Å². The van der Waals surface area contributed by atoms with Crippen molar-refractivity contribution in [3.05, 3.63) is 0 Å². The molecule has 0 amide bonds. The molecule has 0 saturated carbocycles. The number of hydrogen-bond donors (Lipinski definition) is 0. The van der Waals surface area contributed by atoms with E-state index in [0.717, 1.165) is 32.1 Å². The lowest BCUT2D eigenvalue weighted by Gasteiger charge is -2.30. The van der Waals surface area contributed by atoms with E-state index >= 15 is 0 Å². The molecule has 17 heavy (non-hydrogen) atoms. The van der Waals surface area contributed by atoms with Gasteiger partial charge in [0.15, 0.2) is 8.46 Å². The Morgan fingerprint density at radius 1 is 1.06 bits per heavy atom. The Bertz CT molecular complexity index is 223. The van der Waals surface area contributed by atoms with Gasteiger partial charge in [0.25, 0.3) is 0 Å². The second-order valence-corrected chi connectivity index (χ2v) is 5.22. The highest BCUT2D eigenvalue weighted by Gasteiger charge is 2.37. The molecule has 0 aliphatic rings.